The Labute approximate surface area is 176 Å². The average Bonchev–Trinajstić information content (AvgIpc) is 3.00. The lowest BCUT2D eigenvalue weighted by atomic mass is 9.48. The maximum atomic E-state index is 12.6. The molecule has 4 rings (SSSR count). The average molecular weight is 401 g/mol. The summed E-state index contributed by atoms with van der Waals surface area (Å²) in [5.41, 5.74) is 0.337. The van der Waals surface area contributed by atoms with E-state index >= 15 is 0 Å². The summed E-state index contributed by atoms with van der Waals surface area (Å²) in [6.45, 7) is 9.22. The van der Waals surface area contributed by atoms with E-state index in [4.69, 9.17) is 0 Å². The zero-order valence-electron chi connectivity index (χ0n) is 19.0. The summed E-state index contributed by atoms with van der Waals surface area (Å²) in [4.78, 5) is 26.8. The van der Waals surface area contributed by atoms with Gasteiger partial charge >= 0.3 is 0 Å². The van der Waals surface area contributed by atoms with Gasteiger partial charge in [0.25, 0.3) is 0 Å². The van der Waals surface area contributed by atoms with Crippen LogP contribution < -0.4 is 5.32 Å². The van der Waals surface area contributed by atoms with Crippen LogP contribution in [0, 0.1) is 34.5 Å². The molecule has 0 radical (unpaired) electrons. The Morgan fingerprint density at radius 2 is 1.93 bits per heavy atom. The standard InChI is InChI=1S/C25H40N2O2/c1-16(2)6-11-22(28)26-20-9-8-18-17-7-10-21-25(4,15-13-23(29)27(21)5)19(17)12-14-24(18,20)3/h13,15-21H,6-12,14H2,1-5H3,(H,26,28)/t17-,18-,19+,20?,21?,24-,25+/m0/s1. The van der Waals surface area contributed by atoms with Crippen LogP contribution >= 0.6 is 0 Å². The Balaban J connectivity index is 1.50. The summed E-state index contributed by atoms with van der Waals surface area (Å²) in [5.74, 6) is 3.06. The maximum absolute atomic E-state index is 12.6. The van der Waals surface area contributed by atoms with E-state index in [0.29, 0.717) is 36.3 Å². The van der Waals surface area contributed by atoms with Gasteiger partial charge in [0.1, 0.15) is 0 Å². The van der Waals surface area contributed by atoms with Gasteiger partial charge in [0, 0.05) is 31.0 Å². The van der Waals surface area contributed by atoms with E-state index < -0.39 is 0 Å². The van der Waals surface area contributed by atoms with Crippen molar-refractivity contribution in [2.75, 3.05) is 7.05 Å². The first kappa shape index (κ1) is 20.9. The van der Waals surface area contributed by atoms with Crippen LogP contribution in [0.5, 0.6) is 0 Å². The lowest BCUT2D eigenvalue weighted by molar-refractivity contribution is -0.138. The molecule has 4 heteroatoms. The van der Waals surface area contributed by atoms with E-state index in [-0.39, 0.29) is 22.6 Å². The fourth-order valence-corrected chi connectivity index (χ4v) is 7.66. The maximum Gasteiger partial charge on any atom is 0.246 e. The topological polar surface area (TPSA) is 49.4 Å². The first-order chi connectivity index (χ1) is 13.7. The molecule has 3 aliphatic carbocycles. The molecule has 1 aliphatic heterocycles. The summed E-state index contributed by atoms with van der Waals surface area (Å²) in [5, 5.41) is 3.44. The summed E-state index contributed by atoms with van der Waals surface area (Å²) in [6.07, 6.45) is 12.8. The van der Waals surface area contributed by atoms with Crippen molar-refractivity contribution >= 4 is 11.8 Å². The number of carbonyl (C=O) groups is 2. The van der Waals surface area contributed by atoms with E-state index in [1.807, 2.05) is 18.0 Å². The summed E-state index contributed by atoms with van der Waals surface area (Å²) >= 11 is 0. The molecular weight excluding hydrogens is 360 g/mol. The van der Waals surface area contributed by atoms with Gasteiger partial charge in [-0.3, -0.25) is 9.59 Å². The normalized spacial score (nSPS) is 43.7. The van der Waals surface area contributed by atoms with Gasteiger partial charge in [-0.2, -0.15) is 0 Å². The highest BCUT2D eigenvalue weighted by Gasteiger charge is 2.60. The predicted octanol–water partition coefficient (Wildman–Crippen LogP) is 4.55. The van der Waals surface area contributed by atoms with Crippen molar-refractivity contribution in [3.05, 3.63) is 12.2 Å². The van der Waals surface area contributed by atoms with Crippen LogP contribution in [0.1, 0.15) is 79.1 Å². The Morgan fingerprint density at radius 3 is 2.66 bits per heavy atom. The van der Waals surface area contributed by atoms with Crippen molar-refractivity contribution in [2.24, 2.45) is 34.5 Å². The molecule has 162 valence electrons. The third-order valence-corrected chi connectivity index (χ3v) is 9.41. The van der Waals surface area contributed by atoms with E-state index in [9.17, 15) is 9.59 Å². The predicted molar refractivity (Wildman–Crippen MR) is 116 cm³/mol. The second-order valence-electron chi connectivity index (χ2n) is 11.3. The van der Waals surface area contributed by atoms with Gasteiger partial charge in [0.15, 0.2) is 0 Å². The van der Waals surface area contributed by atoms with Crippen molar-refractivity contribution in [2.45, 2.75) is 91.1 Å². The molecule has 0 bridgehead atoms. The third-order valence-electron chi connectivity index (χ3n) is 9.41. The van der Waals surface area contributed by atoms with Crippen LogP contribution in [0.15, 0.2) is 12.2 Å². The van der Waals surface area contributed by atoms with Crippen molar-refractivity contribution < 1.29 is 9.59 Å². The number of rotatable bonds is 4. The highest BCUT2D eigenvalue weighted by Crippen LogP contribution is 2.63. The fraction of sp³-hybridized carbons (Fsp3) is 0.840. The van der Waals surface area contributed by atoms with Gasteiger partial charge < -0.3 is 10.2 Å². The minimum atomic E-state index is 0.103. The van der Waals surface area contributed by atoms with Crippen molar-refractivity contribution in [1.29, 1.82) is 0 Å². The largest absolute Gasteiger partial charge is 0.353 e. The summed E-state index contributed by atoms with van der Waals surface area (Å²) in [7, 11) is 1.99. The zero-order valence-corrected chi connectivity index (χ0v) is 19.0. The summed E-state index contributed by atoms with van der Waals surface area (Å²) in [6, 6.07) is 0.684. The molecule has 0 aromatic rings. The zero-order chi connectivity index (χ0) is 21.0. The number of fused-ring (bicyclic) bond motifs is 5. The first-order valence-electron chi connectivity index (χ1n) is 11.9. The lowest BCUT2D eigenvalue weighted by Gasteiger charge is -2.60. The van der Waals surface area contributed by atoms with Gasteiger partial charge in [-0.15, -0.1) is 0 Å². The number of hydrogen-bond donors (Lipinski definition) is 1. The van der Waals surface area contributed by atoms with Crippen LogP contribution in [0.25, 0.3) is 0 Å². The molecule has 3 saturated carbocycles. The molecule has 0 aromatic carbocycles. The number of carbonyl (C=O) groups excluding carboxylic acids is 2. The molecule has 4 nitrogen and oxygen atoms in total. The van der Waals surface area contributed by atoms with Crippen molar-refractivity contribution in [1.82, 2.24) is 10.2 Å². The summed E-state index contributed by atoms with van der Waals surface area (Å²) < 4.78 is 0. The lowest BCUT2D eigenvalue weighted by Crippen LogP contribution is -2.60. The fourth-order valence-electron chi connectivity index (χ4n) is 7.66. The Bertz CT molecular complexity index is 701. The molecule has 2 unspecified atom stereocenters. The number of nitrogens with zero attached hydrogens (tertiary/aromatic N) is 1. The van der Waals surface area contributed by atoms with E-state index in [2.05, 4.69) is 39.1 Å². The van der Waals surface area contributed by atoms with Crippen LogP contribution in [0.2, 0.25) is 0 Å². The van der Waals surface area contributed by atoms with Gasteiger partial charge in [-0.05, 0) is 80.1 Å². The highest BCUT2D eigenvalue weighted by atomic mass is 16.2. The van der Waals surface area contributed by atoms with Crippen LogP contribution in [0.4, 0.5) is 0 Å². The van der Waals surface area contributed by atoms with E-state index in [0.717, 1.165) is 25.2 Å². The molecule has 1 heterocycles. The number of nitrogens with one attached hydrogen (secondary N) is 1. The van der Waals surface area contributed by atoms with Gasteiger partial charge in [0.05, 0.1) is 0 Å². The molecule has 0 saturated heterocycles. The molecular formula is C25H40N2O2. The van der Waals surface area contributed by atoms with Crippen LogP contribution in [-0.2, 0) is 9.59 Å². The minimum absolute atomic E-state index is 0.103. The molecule has 2 amide bonds. The van der Waals surface area contributed by atoms with Crippen LogP contribution in [-0.4, -0.2) is 35.8 Å². The first-order valence-corrected chi connectivity index (χ1v) is 11.9. The highest BCUT2D eigenvalue weighted by molar-refractivity contribution is 5.89. The Morgan fingerprint density at radius 1 is 1.17 bits per heavy atom. The molecule has 3 fully saturated rings. The van der Waals surface area contributed by atoms with E-state index in [1.165, 1.54) is 25.7 Å². The van der Waals surface area contributed by atoms with Gasteiger partial charge in [-0.25, -0.2) is 0 Å². The number of hydrogen-bond acceptors (Lipinski definition) is 2. The van der Waals surface area contributed by atoms with E-state index in [1.54, 1.807) is 0 Å². The van der Waals surface area contributed by atoms with Crippen LogP contribution in [0.3, 0.4) is 0 Å². The Hall–Kier alpha value is -1.32. The second kappa shape index (κ2) is 7.42. The third kappa shape index (κ3) is 3.35. The smallest absolute Gasteiger partial charge is 0.246 e. The van der Waals surface area contributed by atoms with Gasteiger partial charge in [-0.1, -0.05) is 33.8 Å². The van der Waals surface area contributed by atoms with Crippen molar-refractivity contribution in [3.63, 3.8) is 0 Å². The van der Waals surface area contributed by atoms with Crippen molar-refractivity contribution in [3.8, 4) is 0 Å². The molecule has 4 aliphatic rings. The number of amides is 2. The molecule has 0 spiro atoms. The second-order valence-corrected chi connectivity index (χ2v) is 11.3. The Kier molecular flexibility index (Phi) is 5.36. The molecule has 1 N–H and O–H groups in total. The van der Waals surface area contributed by atoms with Gasteiger partial charge in [0.2, 0.25) is 11.8 Å². The molecule has 29 heavy (non-hydrogen) atoms. The molecule has 0 aromatic heterocycles. The number of likely N-dealkylation sites (N-methyl/N-ethyl adjacent to an activating group) is 1. The quantitative estimate of drug-likeness (QED) is 0.753. The monoisotopic (exact) mass is 400 g/mol. The minimum Gasteiger partial charge on any atom is -0.353 e. The molecule has 7 atom stereocenters. The SMILES string of the molecule is CC(C)CCC(=O)NC1CC[C@H]2[C@@H]3CCC4N(C)C(=O)C=C[C@]4(C)[C@@H]3CC[C@]12C.